The van der Waals surface area contributed by atoms with Crippen molar-refractivity contribution in [2.45, 2.75) is 106 Å². The first-order chi connectivity index (χ1) is 57.9. The number of hydrogen-bond donors (Lipinski definition) is 4. The van der Waals surface area contributed by atoms with Gasteiger partial charge >= 0.3 is 18.5 Å². The van der Waals surface area contributed by atoms with Crippen LogP contribution in [0, 0.1) is 11.6 Å². The summed E-state index contributed by atoms with van der Waals surface area (Å²) in [4.78, 5) is 4.63. The van der Waals surface area contributed by atoms with E-state index in [9.17, 15) is 90.7 Å². The normalized spacial score (nSPS) is 12.2. The standard InChI is InChI=1S/C18H17FO2S.C16H12ClF2N3O2S.C16H11F4N3O2S.2C16H12F3N3O2S.5CH4/c1-22(20,21)16-11-7-14(8-12-16)18-4-2-3-17(18)13-5-9-15(19)10-6-13;17-11-3-1-10(2-4-11)15-9-14(16(18)19)21-22(15)12-5-7-13(8-6-12)25-24-23-20;17-11-3-1-10(2-4-11)14-9-15(16(18,19)20)22-23(14)12-5-7-13(8-6-12)26(21,24)25;17-16(18,19)15-10-14(22(21-15)12-4-2-1-3-5-12)11-6-8-13(9-7-11)25(20,23)24;17-16(18,19)15-10-14(11-4-2-1-3-5-11)22(21-15)12-6-8-13(9-7-12)25(20,23)24;;;;;/h5-12H,2-4H2,1H3;1-9,16H,20H2;1-9H,(H2,21,24,25);2*1-10H,(H2,20,23,24);5*1H4. The zero-order chi connectivity index (χ0) is 89.2. The Bertz CT molecular complexity index is 6380. The molecule has 10 aromatic carbocycles. The van der Waals surface area contributed by atoms with Crippen LogP contribution in [0.25, 0.3) is 78.9 Å². The minimum absolute atomic E-state index is 0. The molecular formula is C87H84ClF13N12O10S5. The number of sulfonamides is 3. The smallest absolute Gasteiger partial charge is 0.233 e. The second-order valence-electron chi connectivity index (χ2n) is 26.4. The van der Waals surface area contributed by atoms with Crippen molar-refractivity contribution in [3.05, 3.63) is 330 Å². The molecule has 0 saturated carbocycles. The first-order valence-corrected chi connectivity index (χ1v) is 43.1. The van der Waals surface area contributed by atoms with Crippen LogP contribution < -0.4 is 21.3 Å². The molecule has 14 aromatic rings. The van der Waals surface area contributed by atoms with Crippen LogP contribution in [0.15, 0.2) is 304 Å². The molecule has 0 saturated heterocycles. The minimum atomic E-state index is -4.68. The number of allylic oxidation sites excluding steroid dienone is 2. The van der Waals surface area contributed by atoms with Crippen molar-refractivity contribution in [1.29, 1.82) is 0 Å². The Morgan fingerprint density at radius 1 is 0.375 bits per heavy atom. The molecular weight excluding hydrogens is 1820 g/mol. The highest BCUT2D eigenvalue weighted by molar-refractivity contribution is 7.94. The molecule has 22 nitrogen and oxygen atoms in total. The summed E-state index contributed by atoms with van der Waals surface area (Å²) >= 11 is 6.82. The van der Waals surface area contributed by atoms with Crippen LogP contribution in [-0.4, -0.2) is 79.0 Å². The third kappa shape index (κ3) is 27.1. The summed E-state index contributed by atoms with van der Waals surface area (Å²) < 4.78 is 270. The van der Waals surface area contributed by atoms with E-state index in [1.165, 1.54) is 113 Å². The maximum Gasteiger partial charge on any atom is 0.435 e. The van der Waals surface area contributed by atoms with E-state index in [1.54, 1.807) is 133 Å². The summed E-state index contributed by atoms with van der Waals surface area (Å²) in [5.41, 5.74) is 5.54. The third-order valence-corrected chi connectivity index (χ3v) is 22.7. The molecule has 8 N–H and O–H groups in total. The second-order valence-corrected chi connectivity index (χ2v) is 34.3. The monoisotopic (exact) mass is 1900 g/mol. The van der Waals surface area contributed by atoms with Gasteiger partial charge < -0.3 is 0 Å². The summed E-state index contributed by atoms with van der Waals surface area (Å²) in [6, 6.07) is 68.4. The zero-order valence-corrected chi connectivity index (χ0v) is 67.9. The van der Waals surface area contributed by atoms with E-state index in [2.05, 4.69) is 29.7 Å². The molecule has 0 aliphatic heterocycles. The number of halogens is 14. The van der Waals surface area contributed by atoms with Crippen molar-refractivity contribution in [3.63, 3.8) is 0 Å². The highest BCUT2D eigenvalue weighted by Crippen LogP contribution is 2.42. The predicted octanol–water partition coefficient (Wildman–Crippen LogP) is 22.2. The first kappa shape index (κ1) is 105. The molecule has 1 aliphatic rings. The molecule has 0 fully saturated rings. The predicted molar refractivity (Wildman–Crippen MR) is 468 cm³/mol. The average molecular weight is 1900 g/mol. The fraction of sp³-hybridized carbons (Fsp3) is 0.149. The molecule has 0 radical (unpaired) electrons. The number of alkyl halides is 11. The van der Waals surface area contributed by atoms with Crippen molar-refractivity contribution < 1.29 is 100 Å². The van der Waals surface area contributed by atoms with Crippen LogP contribution in [0.2, 0.25) is 5.02 Å². The highest BCUT2D eigenvalue weighted by atomic mass is 35.5. The molecule has 0 spiro atoms. The average Bonchev–Trinajstić information content (AvgIpc) is 1.63. The number of nitrogens with two attached hydrogens (primary N) is 4. The van der Waals surface area contributed by atoms with Crippen molar-refractivity contribution >= 4 is 74.7 Å². The highest BCUT2D eigenvalue weighted by Gasteiger charge is 2.38. The van der Waals surface area contributed by atoms with E-state index in [-0.39, 0.29) is 91.8 Å². The van der Waals surface area contributed by atoms with Gasteiger partial charge in [0.05, 0.1) is 77.1 Å². The van der Waals surface area contributed by atoms with Gasteiger partial charge in [-0.15, -0.1) is 9.32 Å². The van der Waals surface area contributed by atoms with Crippen LogP contribution in [-0.2, 0) is 67.8 Å². The Morgan fingerprint density at radius 2 is 0.656 bits per heavy atom. The van der Waals surface area contributed by atoms with E-state index in [0.29, 0.717) is 43.7 Å². The van der Waals surface area contributed by atoms with Gasteiger partial charge in [0, 0.05) is 38.4 Å². The Morgan fingerprint density at radius 3 is 0.992 bits per heavy atom. The molecule has 1 aliphatic carbocycles. The van der Waals surface area contributed by atoms with Crippen molar-refractivity contribution in [3.8, 4) is 67.8 Å². The van der Waals surface area contributed by atoms with Gasteiger partial charge in [-0.2, -0.15) is 65.8 Å². The number of sulfone groups is 1. The van der Waals surface area contributed by atoms with E-state index in [4.69, 9.17) is 32.9 Å². The third-order valence-electron chi connectivity index (χ3n) is 17.9. The molecule has 41 heteroatoms. The van der Waals surface area contributed by atoms with Gasteiger partial charge in [-0.1, -0.05) is 146 Å². The molecule has 0 atom stereocenters. The first-order valence-electron chi connectivity index (χ1n) is 35.4. The van der Waals surface area contributed by atoms with Gasteiger partial charge in [-0.3, -0.25) is 0 Å². The Hall–Kier alpha value is -11.9. The SMILES string of the molecule is C.C.C.C.C.CS(=O)(=O)c1ccc(C2=C(c3ccc(F)cc3)CCC2)cc1.NOOSc1ccc(-n2nc(C(F)F)cc2-c2ccc(Cl)cc2)cc1.NS(=O)(=O)c1ccc(-c2cc(C(F)(F)F)nn2-c2ccccc2)cc1.NS(=O)(=O)c1ccc(-n2nc(C(F)(F)F)cc2-c2ccc(F)cc2)cc1.NS(=O)(=O)c1ccc(-n2nc(C(F)(F)F)cc2-c2ccccc2)cc1. The lowest BCUT2D eigenvalue weighted by Crippen LogP contribution is -2.12. The Kier molecular flexibility index (Phi) is 35.8. The number of benzene rings is 10. The van der Waals surface area contributed by atoms with Gasteiger partial charge in [0.1, 0.15) is 17.3 Å². The zero-order valence-electron chi connectivity index (χ0n) is 63.1. The van der Waals surface area contributed by atoms with Gasteiger partial charge in [-0.25, -0.2) is 85.4 Å². The van der Waals surface area contributed by atoms with E-state index >= 15 is 0 Å². The van der Waals surface area contributed by atoms with Crippen molar-refractivity contribution in [1.82, 2.24) is 39.1 Å². The van der Waals surface area contributed by atoms with Crippen LogP contribution in [0.5, 0.6) is 0 Å². The van der Waals surface area contributed by atoms with Gasteiger partial charge in [0.25, 0.3) is 6.43 Å². The summed E-state index contributed by atoms with van der Waals surface area (Å²) in [6.45, 7) is 0. The molecule has 4 aromatic heterocycles. The minimum Gasteiger partial charge on any atom is -0.233 e. The van der Waals surface area contributed by atoms with Gasteiger partial charge in [0.2, 0.25) is 30.1 Å². The maximum absolute atomic E-state index is 13.1. The number of rotatable bonds is 18. The largest absolute Gasteiger partial charge is 0.435 e. The summed E-state index contributed by atoms with van der Waals surface area (Å²) in [5.74, 6) is 4.02. The van der Waals surface area contributed by atoms with Crippen LogP contribution in [0.1, 0.15) is 96.7 Å². The van der Waals surface area contributed by atoms with E-state index in [0.717, 1.165) is 109 Å². The lowest BCUT2D eigenvalue weighted by atomic mass is 9.97. The van der Waals surface area contributed by atoms with Crippen LogP contribution in [0.3, 0.4) is 0 Å². The molecule has 680 valence electrons. The quantitative estimate of drug-likeness (QED) is 0.0268. The summed E-state index contributed by atoms with van der Waals surface area (Å²) in [5, 5.41) is 30.5. The van der Waals surface area contributed by atoms with Gasteiger partial charge in [0.15, 0.2) is 26.9 Å². The van der Waals surface area contributed by atoms with Gasteiger partial charge in [-0.05, 0) is 224 Å². The fourth-order valence-electron chi connectivity index (χ4n) is 12.1. The molecule has 128 heavy (non-hydrogen) atoms. The molecule has 0 bridgehead atoms. The lowest BCUT2D eigenvalue weighted by molar-refractivity contribution is -0.195. The van der Waals surface area contributed by atoms with Crippen molar-refractivity contribution in [2.24, 2.45) is 21.3 Å². The number of primary sulfonamides is 3. The summed E-state index contributed by atoms with van der Waals surface area (Å²) in [6.07, 6.45) is -12.3. The molecule has 0 amide bonds. The summed E-state index contributed by atoms with van der Waals surface area (Å²) in [7, 11) is -14.9. The second kappa shape index (κ2) is 43.7. The number of para-hydroxylation sites is 1. The molecule has 0 unspecified atom stereocenters. The fourth-order valence-corrected chi connectivity index (χ4v) is 14.8. The number of nitrogens with zero attached hydrogens (tertiary/aromatic N) is 8. The lowest BCUT2D eigenvalue weighted by Gasteiger charge is -2.09. The van der Waals surface area contributed by atoms with E-state index < -0.39 is 87.8 Å². The topological polar surface area (TPSA) is 330 Å². The Balaban J connectivity index is 0.000000245. The molecule has 4 heterocycles. The van der Waals surface area contributed by atoms with Crippen LogP contribution >= 0.6 is 23.6 Å². The molecule has 15 rings (SSSR count). The van der Waals surface area contributed by atoms with Crippen LogP contribution in [0.4, 0.5) is 57.1 Å². The Labute approximate surface area is 740 Å². The maximum atomic E-state index is 13.1. The van der Waals surface area contributed by atoms with Crippen molar-refractivity contribution in [2.75, 3.05) is 6.26 Å². The number of hydrogen-bond acceptors (Lipinski definition) is 16. The number of aromatic nitrogens is 8. The van der Waals surface area contributed by atoms with E-state index in [1.807, 2.05) is 12.1 Å².